The molecule has 2 aliphatic rings. The Kier molecular flexibility index (Phi) is 4.74. The highest BCUT2D eigenvalue weighted by Crippen LogP contribution is 2.40. The molecule has 142 valence electrons. The second-order valence-corrected chi connectivity index (χ2v) is 7.51. The first-order valence-electron chi connectivity index (χ1n) is 9.42. The van der Waals surface area contributed by atoms with Crippen LogP contribution in [-0.2, 0) is 6.42 Å². The van der Waals surface area contributed by atoms with Gasteiger partial charge in [-0.15, -0.1) is 0 Å². The molecule has 1 saturated heterocycles. The van der Waals surface area contributed by atoms with Crippen LogP contribution in [0.1, 0.15) is 35.3 Å². The molecule has 1 aromatic heterocycles. The van der Waals surface area contributed by atoms with E-state index in [1.165, 1.54) is 0 Å². The van der Waals surface area contributed by atoms with E-state index in [1.54, 1.807) is 13.3 Å². The van der Waals surface area contributed by atoms with Crippen LogP contribution in [0.2, 0.25) is 0 Å². The van der Waals surface area contributed by atoms with Gasteiger partial charge in [0, 0.05) is 30.5 Å². The van der Waals surface area contributed by atoms with Gasteiger partial charge in [0.2, 0.25) is 0 Å². The van der Waals surface area contributed by atoms with Crippen LogP contribution in [0.3, 0.4) is 0 Å². The van der Waals surface area contributed by atoms with Crippen LogP contribution in [0.5, 0.6) is 5.75 Å². The van der Waals surface area contributed by atoms with Gasteiger partial charge >= 0.3 is 0 Å². The summed E-state index contributed by atoms with van der Waals surface area (Å²) in [6.45, 7) is 1.40. The highest BCUT2D eigenvalue weighted by Gasteiger charge is 2.44. The van der Waals surface area contributed by atoms with Gasteiger partial charge in [-0.1, -0.05) is 18.2 Å². The second kappa shape index (κ2) is 7.19. The maximum atomic E-state index is 12.8. The first-order valence-corrected chi connectivity index (χ1v) is 9.42. The molecule has 1 amide bonds. The monoisotopic (exact) mass is 367 g/mol. The fourth-order valence-electron chi connectivity index (χ4n) is 3.73. The van der Waals surface area contributed by atoms with Gasteiger partial charge < -0.3 is 20.1 Å². The van der Waals surface area contributed by atoms with E-state index in [1.807, 2.05) is 36.4 Å². The number of amides is 1. The standard InChI is InChI=1S/C21H25N3O3/c1-27-19-5-3-2-4-15(19)13-21(8-9-21)23-20(26)18-12-16(6-10-22-18)24-11-7-17(25)14-24/h2-6,10,12,17,25H,7-9,11,13-14H2,1H3,(H,23,26)/t17-/m0/s1. The zero-order valence-electron chi connectivity index (χ0n) is 15.5. The van der Waals surface area contributed by atoms with Crippen LogP contribution in [0.4, 0.5) is 5.69 Å². The van der Waals surface area contributed by atoms with E-state index >= 15 is 0 Å². The van der Waals surface area contributed by atoms with Crippen molar-refractivity contribution in [2.45, 2.75) is 37.3 Å². The molecule has 2 aromatic rings. The molecule has 1 aliphatic carbocycles. The van der Waals surface area contributed by atoms with Crippen LogP contribution in [0, 0.1) is 0 Å². The summed E-state index contributed by atoms with van der Waals surface area (Å²) in [7, 11) is 1.67. The number of para-hydroxylation sites is 1. The van der Waals surface area contributed by atoms with Crippen molar-refractivity contribution in [2.75, 3.05) is 25.1 Å². The van der Waals surface area contributed by atoms with E-state index in [0.717, 1.165) is 49.2 Å². The van der Waals surface area contributed by atoms with Crippen molar-refractivity contribution in [1.29, 1.82) is 0 Å². The van der Waals surface area contributed by atoms with Gasteiger partial charge in [-0.3, -0.25) is 9.78 Å². The predicted molar refractivity (Wildman–Crippen MR) is 103 cm³/mol. The lowest BCUT2D eigenvalue weighted by Crippen LogP contribution is -2.39. The van der Waals surface area contributed by atoms with E-state index in [2.05, 4.69) is 15.2 Å². The number of pyridine rings is 1. The number of nitrogens with zero attached hydrogens (tertiary/aromatic N) is 2. The lowest BCUT2D eigenvalue weighted by atomic mass is 10.0. The molecule has 4 rings (SSSR count). The molecule has 1 aromatic carbocycles. The molecule has 6 nitrogen and oxygen atoms in total. The van der Waals surface area contributed by atoms with Gasteiger partial charge in [0.15, 0.2) is 0 Å². The number of anilines is 1. The first kappa shape index (κ1) is 17.8. The number of carbonyl (C=O) groups excluding carboxylic acids is 1. The molecule has 1 atom stereocenters. The summed E-state index contributed by atoms with van der Waals surface area (Å²) in [6.07, 6.45) is 4.77. The predicted octanol–water partition coefficient (Wildman–Crippen LogP) is 2.17. The summed E-state index contributed by atoms with van der Waals surface area (Å²) in [6, 6.07) is 11.6. The third-order valence-corrected chi connectivity index (χ3v) is 5.46. The third kappa shape index (κ3) is 3.90. The molecular formula is C21H25N3O3. The summed E-state index contributed by atoms with van der Waals surface area (Å²) in [4.78, 5) is 19.1. The van der Waals surface area contributed by atoms with E-state index in [0.29, 0.717) is 12.2 Å². The number of rotatable bonds is 6. The third-order valence-electron chi connectivity index (χ3n) is 5.46. The SMILES string of the molecule is COc1ccccc1CC1(NC(=O)c2cc(N3CC[C@H](O)C3)ccn2)CC1. The van der Waals surface area contributed by atoms with Gasteiger partial charge in [-0.2, -0.15) is 0 Å². The molecule has 1 aliphatic heterocycles. The summed E-state index contributed by atoms with van der Waals surface area (Å²) in [5, 5.41) is 12.9. The Morgan fingerprint density at radius 2 is 2.19 bits per heavy atom. The number of nitrogens with one attached hydrogen (secondary N) is 1. The zero-order chi connectivity index (χ0) is 18.9. The van der Waals surface area contributed by atoms with Gasteiger partial charge in [-0.25, -0.2) is 0 Å². The number of β-amino-alcohol motifs (C(OH)–C–C–N with tert-alkyl or cyclic N) is 1. The fraction of sp³-hybridized carbons (Fsp3) is 0.429. The van der Waals surface area contributed by atoms with Crippen molar-refractivity contribution < 1.29 is 14.6 Å². The van der Waals surface area contributed by atoms with Crippen molar-refractivity contribution in [3.8, 4) is 5.75 Å². The van der Waals surface area contributed by atoms with E-state index < -0.39 is 0 Å². The largest absolute Gasteiger partial charge is 0.496 e. The summed E-state index contributed by atoms with van der Waals surface area (Å²) in [5.74, 6) is 0.703. The number of aliphatic hydroxyl groups is 1. The van der Waals surface area contributed by atoms with Crippen LogP contribution in [0.15, 0.2) is 42.6 Å². The molecule has 27 heavy (non-hydrogen) atoms. The number of hydrogen-bond donors (Lipinski definition) is 2. The molecule has 0 spiro atoms. The molecule has 2 N–H and O–H groups in total. The number of carbonyl (C=O) groups is 1. The van der Waals surface area contributed by atoms with E-state index in [9.17, 15) is 9.90 Å². The van der Waals surface area contributed by atoms with Crippen molar-refractivity contribution in [3.05, 3.63) is 53.9 Å². The van der Waals surface area contributed by atoms with Gasteiger partial charge in [0.1, 0.15) is 11.4 Å². The Balaban J connectivity index is 1.46. The van der Waals surface area contributed by atoms with Gasteiger partial charge in [-0.05, 0) is 49.4 Å². The van der Waals surface area contributed by atoms with Crippen LogP contribution in [0.25, 0.3) is 0 Å². The Bertz CT molecular complexity index is 835. The average Bonchev–Trinajstić information content (AvgIpc) is 3.29. The second-order valence-electron chi connectivity index (χ2n) is 7.51. The lowest BCUT2D eigenvalue weighted by molar-refractivity contribution is 0.0926. The maximum Gasteiger partial charge on any atom is 0.270 e. The topological polar surface area (TPSA) is 74.7 Å². The minimum atomic E-state index is -0.300. The number of aromatic nitrogens is 1. The number of benzene rings is 1. The summed E-state index contributed by atoms with van der Waals surface area (Å²) >= 11 is 0. The Labute approximate surface area is 159 Å². The van der Waals surface area contributed by atoms with Crippen molar-refractivity contribution >= 4 is 11.6 Å². The minimum absolute atomic E-state index is 0.149. The Morgan fingerprint density at radius 3 is 2.89 bits per heavy atom. The smallest absolute Gasteiger partial charge is 0.270 e. The molecule has 0 bridgehead atoms. The normalized spacial score (nSPS) is 20.4. The number of hydrogen-bond acceptors (Lipinski definition) is 5. The minimum Gasteiger partial charge on any atom is -0.496 e. The van der Waals surface area contributed by atoms with E-state index in [-0.39, 0.29) is 17.6 Å². The molecular weight excluding hydrogens is 342 g/mol. The molecule has 0 unspecified atom stereocenters. The lowest BCUT2D eigenvalue weighted by Gasteiger charge is -2.20. The fourth-order valence-corrected chi connectivity index (χ4v) is 3.73. The summed E-state index contributed by atoms with van der Waals surface area (Å²) < 4.78 is 5.44. The molecule has 1 saturated carbocycles. The van der Waals surface area contributed by atoms with Crippen LogP contribution < -0.4 is 15.0 Å². The van der Waals surface area contributed by atoms with Crippen molar-refractivity contribution in [3.63, 3.8) is 0 Å². The van der Waals surface area contributed by atoms with Gasteiger partial charge in [0.25, 0.3) is 5.91 Å². The maximum absolute atomic E-state index is 12.8. The molecule has 6 heteroatoms. The number of aliphatic hydroxyl groups excluding tert-OH is 1. The average molecular weight is 367 g/mol. The molecule has 0 radical (unpaired) electrons. The quantitative estimate of drug-likeness (QED) is 0.818. The van der Waals surface area contributed by atoms with Crippen LogP contribution >= 0.6 is 0 Å². The zero-order valence-corrected chi connectivity index (χ0v) is 15.5. The van der Waals surface area contributed by atoms with Crippen molar-refractivity contribution in [2.24, 2.45) is 0 Å². The molecule has 2 fully saturated rings. The summed E-state index contributed by atoms with van der Waals surface area (Å²) in [5.41, 5.74) is 2.24. The highest BCUT2D eigenvalue weighted by molar-refractivity contribution is 5.94. The number of ether oxygens (including phenoxy) is 1. The van der Waals surface area contributed by atoms with Crippen LogP contribution in [-0.4, -0.2) is 47.8 Å². The first-order chi connectivity index (χ1) is 13.1. The van der Waals surface area contributed by atoms with Crippen molar-refractivity contribution in [1.82, 2.24) is 10.3 Å². The number of methoxy groups -OCH3 is 1. The Hall–Kier alpha value is -2.60. The Morgan fingerprint density at radius 1 is 1.37 bits per heavy atom. The van der Waals surface area contributed by atoms with E-state index in [4.69, 9.17) is 4.74 Å². The highest BCUT2D eigenvalue weighted by atomic mass is 16.5. The molecule has 2 heterocycles. The van der Waals surface area contributed by atoms with Gasteiger partial charge in [0.05, 0.1) is 13.2 Å².